The Morgan fingerprint density at radius 3 is 2.62 bits per heavy atom. The minimum absolute atomic E-state index is 0.0191. The second kappa shape index (κ2) is 9.15. The number of ether oxygens (including phenoxy) is 2. The van der Waals surface area contributed by atoms with Crippen molar-refractivity contribution < 1.29 is 27.5 Å². The van der Waals surface area contributed by atoms with Crippen LogP contribution >= 0.6 is 23.2 Å². The third kappa shape index (κ3) is 5.62. The van der Waals surface area contributed by atoms with Crippen LogP contribution in [-0.4, -0.2) is 12.5 Å². The molecule has 0 unspecified atom stereocenters. The van der Waals surface area contributed by atoms with Crippen LogP contribution in [0.1, 0.15) is 21.9 Å². The molecule has 0 aliphatic carbocycles. The zero-order valence-electron chi connectivity index (χ0n) is 15.0. The van der Waals surface area contributed by atoms with Crippen molar-refractivity contribution in [1.29, 1.82) is 0 Å². The van der Waals surface area contributed by atoms with Crippen molar-refractivity contribution in [3.63, 3.8) is 0 Å². The molecule has 1 heterocycles. The van der Waals surface area contributed by atoms with E-state index >= 15 is 0 Å². The summed E-state index contributed by atoms with van der Waals surface area (Å²) < 4.78 is 40.6. The minimum atomic E-state index is -3.01. The predicted molar refractivity (Wildman–Crippen MR) is 105 cm³/mol. The monoisotopic (exact) mass is 441 g/mol. The van der Waals surface area contributed by atoms with E-state index in [-0.39, 0.29) is 23.8 Å². The lowest BCUT2D eigenvalue weighted by atomic mass is 10.2. The van der Waals surface area contributed by atoms with Crippen molar-refractivity contribution in [2.45, 2.75) is 20.1 Å². The van der Waals surface area contributed by atoms with Crippen LogP contribution in [0.4, 0.5) is 14.5 Å². The molecule has 0 fully saturated rings. The average molecular weight is 442 g/mol. The summed E-state index contributed by atoms with van der Waals surface area (Å²) in [6, 6.07) is 12.3. The largest absolute Gasteiger partial charge is 0.484 e. The Bertz CT molecular complexity index is 1020. The first kappa shape index (κ1) is 21.0. The van der Waals surface area contributed by atoms with Crippen molar-refractivity contribution in [1.82, 2.24) is 0 Å². The highest BCUT2D eigenvalue weighted by Crippen LogP contribution is 2.29. The molecule has 0 saturated carbocycles. The molecule has 0 atom stereocenters. The maximum atomic E-state index is 12.6. The van der Waals surface area contributed by atoms with Crippen LogP contribution in [-0.2, 0) is 6.61 Å². The van der Waals surface area contributed by atoms with Crippen molar-refractivity contribution in [2.24, 2.45) is 0 Å². The fourth-order valence-corrected chi connectivity index (χ4v) is 2.89. The average Bonchev–Trinajstić information content (AvgIpc) is 3.12. The van der Waals surface area contributed by atoms with E-state index < -0.39 is 12.5 Å². The Morgan fingerprint density at radius 1 is 1.10 bits per heavy atom. The Hall–Kier alpha value is -2.77. The van der Waals surface area contributed by atoms with Crippen molar-refractivity contribution in [3.8, 4) is 11.5 Å². The minimum Gasteiger partial charge on any atom is -0.484 e. The van der Waals surface area contributed by atoms with E-state index in [0.717, 1.165) is 0 Å². The summed E-state index contributed by atoms with van der Waals surface area (Å²) in [5.41, 5.74) is 0.806. The fourth-order valence-electron chi connectivity index (χ4n) is 2.43. The second-order valence-electron chi connectivity index (χ2n) is 5.96. The van der Waals surface area contributed by atoms with Crippen LogP contribution in [0, 0.1) is 6.92 Å². The van der Waals surface area contributed by atoms with Gasteiger partial charge in [0.05, 0.1) is 10.7 Å². The zero-order chi connectivity index (χ0) is 21.0. The molecule has 3 aromatic rings. The van der Waals surface area contributed by atoms with Gasteiger partial charge in [0, 0.05) is 5.02 Å². The Kier molecular flexibility index (Phi) is 6.61. The van der Waals surface area contributed by atoms with E-state index in [1.165, 1.54) is 18.2 Å². The first-order chi connectivity index (χ1) is 13.8. The Morgan fingerprint density at radius 2 is 1.90 bits per heavy atom. The molecule has 1 aromatic heterocycles. The molecular formula is C20H15Cl2F2NO4. The van der Waals surface area contributed by atoms with Gasteiger partial charge in [-0.2, -0.15) is 8.78 Å². The molecule has 0 radical (unpaired) electrons. The van der Waals surface area contributed by atoms with Crippen molar-refractivity contribution >= 4 is 34.8 Å². The third-order valence-electron chi connectivity index (χ3n) is 3.75. The molecular weight excluding hydrogens is 427 g/mol. The number of rotatable bonds is 7. The van der Waals surface area contributed by atoms with E-state index in [1.54, 1.807) is 37.3 Å². The summed E-state index contributed by atoms with van der Waals surface area (Å²) in [7, 11) is 0. The number of hydrogen-bond donors (Lipinski definition) is 1. The molecule has 1 amide bonds. The summed E-state index contributed by atoms with van der Waals surface area (Å²) in [5, 5.41) is 3.31. The highest BCUT2D eigenvalue weighted by molar-refractivity contribution is 6.35. The van der Waals surface area contributed by atoms with E-state index in [1.807, 2.05) is 0 Å². The van der Waals surface area contributed by atoms with E-state index in [0.29, 0.717) is 27.1 Å². The molecule has 0 spiro atoms. The number of aryl methyl sites for hydroxylation is 1. The van der Waals surface area contributed by atoms with E-state index in [4.69, 9.17) is 32.4 Å². The summed E-state index contributed by atoms with van der Waals surface area (Å²) in [6.45, 7) is -1.27. The molecule has 0 bridgehead atoms. The molecule has 9 heteroatoms. The van der Waals surface area contributed by atoms with Gasteiger partial charge in [0.1, 0.15) is 23.9 Å². The van der Waals surface area contributed by atoms with Gasteiger partial charge in [-0.25, -0.2) is 0 Å². The van der Waals surface area contributed by atoms with Gasteiger partial charge in [-0.3, -0.25) is 4.79 Å². The number of amides is 1. The SMILES string of the molecule is Cc1ccc(NC(=O)c2ccc(COc3ccc(Cl)cc3Cl)o2)c(OC(F)F)c1. The molecule has 5 nitrogen and oxygen atoms in total. The summed E-state index contributed by atoms with van der Waals surface area (Å²) >= 11 is 11.9. The number of alkyl halides is 2. The summed E-state index contributed by atoms with van der Waals surface area (Å²) in [4.78, 5) is 12.4. The predicted octanol–water partition coefficient (Wildman–Crippen LogP) is 6.33. The van der Waals surface area contributed by atoms with Crippen LogP contribution < -0.4 is 14.8 Å². The van der Waals surface area contributed by atoms with Gasteiger partial charge in [0.25, 0.3) is 5.91 Å². The number of nitrogens with one attached hydrogen (secondary N) is 1. The number of hydrogen-bond acceptors (Lipinski definition) is 4. The van der Waals surface area contributed by atoms with Gasteiger partial charge in [0.15, 0.2) is 5.76 Å². The molecule has 29 heavy (non-hydrogen) atoms. The number of carbonyl (C=O) groups excluding carboxylic acids is 1. The second-order valence-corrected chi connectivity index (χ2v) is 6.81. The summed E-state index contributed by atoms with van der Waals surface area (Å²) in [5.74, 6) is 0.00000257. The van der Waals surface area contributed by atoms with Crippen LogP contribution in [0.5, 0.6) is 11.5 Å². The maximum absolute atomic E-state index is 12.6. The normalized spacial score (nSPS) is 10.8. The van der Waals surface area contributed by atoms with Gasteiger partial charge >= 0.3 is 6.61 Å². The number of anilines is 1. The smallest absolute Gasteiger partial charge is 0.387 e. The highest BCUT2D eigenvalue weighted by Gasteiger charge is 2.16. The fraction of sp³-hybridized carbons (Fsp3) is 0.150. The van der Waals surface area contributed by atoms with Crippen molar-refractivity contribution in [3.05, 3.63) is 75.7 Å². The van der Waals surface area contributed by atoms with Gasteiger partial charge in [-0.1, -0.05) is 29.3 Å². The van der Waals surface area contributed by atoms with Gasteiger partial charge in [-0.15, -0.1) is 0 Å². The quantitative estimate of drug-likeness (QED) is 0.465. The first-order valence-electron chi connectivity index (χ1n) is 8.35. The van der Waals surface area contributed by atoms with Crippen molar-refractivity contribution in [2.75, 3.05) is 5.32 Å². The lowest BCUT2D eigenvalue weighted by molar-refractivity contribution is -0.0494. The molecule has 2 aromatic carbocycles. The molecule has 3 rings (SSSR count). The Balaban J connectivity index is 1.66. The van der Waals surface area contributed by atoms with Crippen LogP contribution in [0.3, 0.4) is 0 Å². The van der Waals surface area contributed by atoms with Gasteiger partial charge in [0.2, 0.25) is 0 Å². The van der Waals surface area contributed by atoms with Gasteiger partial charge in [-0.05, 0) is 55.0 Å². The van der Waals surface area contributed by atoms with Crippen LogP contribution in [0.2, 0.25) is 10.0 Å². The maximum Gasteiger partial charge on any atom is 0.387 e. The molecule has 0 saturated heterocycles. The van der Waals surface area contributed by atoms with E-state index in [9.17, 15) is 13.6 Å². The lowest BCUT2D eigenvalue weighted by Gasteiger charge is -2.12. The number of furan rings is 1. The highest BCUT2D eigenvalue weighted by atomic mass is 35.5. The standard InChI is InChI=1S/C20H15Cl2F2NO4/c1-11-2-5-15(18(8-11)29-20(23)24)25-19(26)17-7-4-13(28-17)10-27-16-6-3-12(21)9-14(16)22/h2-9,20H,10H2,1H3,(H,25,26). The number of carbonyl (C=O) groups is 1. The summed E-state index contributed by atoms with van der Waals surface area (Å²) in [6.07, 6.45) is 0. The van der Waals surface area contributed by atoms with E-state index in [2.05, 4.69) is 10.1 Å². The molecule has 0 aliphatic heterocycles. The molecule has 1 N–H and O–H groups in total. The van der Waals surface area contributed by atoms with Crippen LogP contribution in [0.15, 0.2) is 52.9 Å². The molecule has 152 valence electrons. The molecule has 0 aliphatic rings. The first-order valence-corrected chi connectivity index (χ1v) is 9.11. The number of benzene rings is 2. The number of halogens is 4. The zero-order valence-corrected chi connectivity index (χ0v) is 16.6. The topological polar surface area (TPSA) is 60.7 Å². The Labute approximate surface area is 175 Å². The third-order valence-corrected chi connectivity index (χ3v) is 4.28. The lowest BCUT2D eigenvalue weighted by Crippen LogP contribution is -2.13. The van der Waals surface area contributed by atoms with Gasteiger partial charge < -0.3 is 19.2 Å². The van der Waals surface area contributed by atoms with Crippen LogP contribution in [0.25, 0.3) is 0 Å².